The van der Waals surface area contributed by atoms with Crippen molar-refractivity contribution in [3.63, 3.8) is 0 Å². The maximum Gasteiger partial charge on any atom is 0.0697 e. The van der Waals surface area contributed by atoms with Crippen LogP contribution in [0.15, 0.2) is 0 Å². The fraction of sp³-hybridized carbons (Fsp3) is 1.00. The Kier molecular flexibility index (Phi) is 16.8. The Morgan fingerprint density at radius 3 is 1.29 bits per heavy atom. The zero-order chi connectivity index (χ0) is 12.9. The van der Waals surface area contributed by atoms with Crippen LogP contribution in [0.4, 0.5) is 0 Å². The normalized spacial score (nSPS) is 11.6. The van der Waals surface area contributed by atoms with Gasteiger partial charge in [-0.1, -0.05) is 107 Å². The van der Waals surface area contributed by atoms with E-state index in [1.165, 1.54) is 75.3 Å². The Morgan fingerprint density at radius 2 is 0.941 bits per heavy atom. The Balaban J connectivity index is 2.94. The first kappa shape index (κ1) is 19.4. The van der Waals surface area contributed by atoms with E-state index in [1.807, 2.05) is 0 Å². The topological polar surface area (TPSA) is 0 Å². The summed E-state index contributed by atoms with van der Waals surface area (Å²) in [5.41, 5.74) is 0. The molecule has 0 rings (SSSR count). The third-order valence-corrected chi connectivity index (χ3v) is 6.92. The molecule has 0 bridgehead atoms. The van der Waals surface area contributed by atoms with Crippen molar-refractivity contribution in [2.75, 3.05) is 0 Å². The zero-order valence-corrected chi connectivity index (χ0v) is 18.4. The highest BCUT2D eigenvalue weighted by atomic mass is 79.9. The van der Waals surface area contributed by atoms with Crippen LogP contribution in [0.2, 0.25) is 24.2 Å². The summed E-state index contributed by atoms with van der Waals surface area (Å²) in [6.45, 7) is 0. The van der Waals surface area contributed by atoms with E-state index in [-0.39, 0.29) is 0 Å². The van der Waals surface area contributed by atoms with Gasteiger partial charge in [-0.25, -0.2) is 0 Å². The molecule has 0 nitrogen and oxygen atoms in total. The standard InChI is InChI=1S/C11H20Br4Si2/c12-10(13)4-1-6-16-8-3-9-17-7-2-5-11(14)15/h10-11H,1-9H2. The van der Waals surface area contributed by atoms with Crippen molar-refractivity contribution in [1.29, 1.82) is 0 Å². The first-order valence-electron chi connectivity index (χ1n) is 6.10. The molecule has 0 aromatic carbocycles. The van der Waals surface area contributed by atoms with Crippen molar-refractivity contribution in [2.45, 2.75) is 63.8 Å². The molecule has 0 N–H and O–H groups in total. The van der Waals surface area contributed by atoms with Crippen LogP contribution in [0, 0.1) is 0 Å². The van der Waals surface area contributed by atoms with E-state index in [0.717, 1.165) is 0 Å². The lowest BCUT2D eigenvalue weighted by molar-refractivity contribution is 0.866. The van der Waals surface area contributed by atoms with Gasteiger partial charge >= 0.3 is 0 Å². The van der Waals surface area contributed by atoms with E-state index in [4.69, 9.17) is 0 Å². The molecule has 0 aliphatic heterocycles. The fourth-order valence-electron chi connectivity index (χ4n) is 1.35. The molecule has 0 aliphatic rings. The molecule has 100 valence electrons. The van der Waals surface area contributed by atoms with Crippen LogP contribution in [-0.4, -0.2) is 26.5 Å². The lowest BCUT2D eigenvalue weighted by Gasteiger charge is -2.02. The fourth-order valence-corrected chi connectivity index (χ4v) is 5.26. The van der Waals surface area contributed by atoms with Crippen LogP contribution in [0.1, 0.15) is 32.1 Å². The Labute approximate surface area is 145 Å². The molecule has 6 heteroatoms. The first-order chi connectivity index (χ1) is 8.13. The third-order valence-electron chi connectivity index (χ3n) is 2.26. The summed E-state index contributed by atoms with van der Waals surface area (Å²) < 4.78 is 1.04. The predicted octanol–water partition coefficient (Wildman–Crippen LogP) is 6.25. The van der Waals surface area contributed by atoms with Gasteiger partial charge in [0.1, 0.15) is 0 Å². The molecule has 0 saturated carbocycles. The van der Waals surface area contributed by atoms with Gasteiger partial charge in [0.25, 0.3) is 0 Å². The third kappa shape index (κ3) is 18.4. The molecule has 0 aromatic heterocycles. The van der Waals surface area contributed by atoms with E-state index in [0.29, 0.717) is 7.47 Å². The molecule has 0 aromatic rings. The highest BCUT2D eigenvalue weighted by Crippen LogP contribution is 2.17. The highest BCUT2D eigenvalue weighted by Gasteiger charge is 1.99. The van der Waals surface area contributed by atoms with Crippen LogP contribution < -0.4 is 0 Å². The summed E-state index contributed by atoms with van der Waals surface area (Å²) in [4.78, 5) is 0. The SMILES string of the molecule is BrC(Br)CCC[Si]CCC[Si]CCCC(Br)Br. The average Bonchev–Trinajstić information content (AvgIpc) is 2.25. The molecule has 0 heterocycles. The minimum atomic E-state index is 0.522. The Bertz CT molecular complexity index is 140. The van der Waals surface area contributed by atoms with Gasteiger partial charge in [-0.3, -0.25) is 0 Å². The molecule has 0 saturated heterocycles. The number of hydrogen-bond acceptors (Lipinski definition) is 0. The highest BCUT2D eigenvalue weighted by molar-refractivity contribution is 9.25. The van der Waals surface area contributed by atoms with Gasteiger partial charge in [-0.2, -0.15) is 0 Å². The van der Waals surface area contributed by atoms with Crippen molar-refractivity contribution < 1.29 is 0 Å². The molecule has 0 amide bonds. The van der Waals surface area contributed by atoms with Crippen molar-refractivity contribution >= 4 is 82.8 Å². The quantitative estimate of drug-likeness (QED) is 0.160. The molecule has 0 unspecified atom stereocenters. The molecular formula is C11H20Br4Si2. The van der Waals surface area contributed by atoms with Crippen molar-refractivity contribution in [1.82, 2.24) is 0 Å². The summed E-state index contributed by atoms with van der Waals surface area (Å²) in [7, 11) is 2.38. The van der Waals surface area contributed by atoms with Crippen molar-refractivity contribution in [3.8, 4) is 0 Å². The lowest BCUT2D eigenvalue weighted by atomic mass is 10.4. The maximum absolute atomic E-state index is 3.52. The second-order valence-electron chi connectivity index (χ2n) is 3.92. The second-order valence-corrected chi connectivity index (χ2v) is 13.8. The van der Waals surface area contributed by atoms with Crippen LogP contribution in [-0.2, 0) is 0 Å². The van der Waals surface area contributed by atoms with Crippen molar-refractivity contribution in [2.24, 2.45) is 0 Å². The van der Waals surface area contributed by atoms with E-state index >= 15 is 0 Å². The summed E-state index contributed by atoms with van der Waals surface area (Å²) in [5.74, 6) is 0. The molecule has 0 aliphatic carbocycles. The molecule has 0 fully saturated rings. The predicted molar refractivity (Wildman–Crippen MR) is 97.1 cm³/mol. The van der Waals surface area contributed by atoms with Gasteiger partial charge < -0.3 is 0 Å². The minimum absolute atomic E-state index is 0.522. The van der Waals surface area contributed by atoms with Crippen LogP contribution in [0.5, 0.6) is 0 Å². The van der Waals surface area contributed by atoms with Gasteiger partial charge in [0.15, 0.2) is 0 Å². The lowest BCUT2D eigenvalue weighted by Crippen LogP contribution is -1.95. The van der Waals surface area contributed by atoms with E-state index in [1.54, 1.807) is 0 Å². The number of hydrogen-bond donors (Lipinski definition) is 0. The van der Waals surface area contributed by atoms with E-state index in [9.17, 15) is 0 Å². The van der Waals surface area contributed by atoms with Crippen molar-refractivity contribution in [3.05, 3.63) is 0 Å². The Hall–Kier alpha value is 2.35. The summed E-state index contributed by atoms with van der Waals surface area (Å²) in [6.07, 6.45) is 6.69. The summed E-state index contributed by atoms with van der Waals surface area (Å²) in [6, 6.07) is 5.76. The monoisotopic (exact) mass is 524 g/mol. The molecule has 0 spiro atoms. The van der Waals surface area contributed by atoms with Gasteiger partial charge in [0.05, 0.1) is 7.47 Å². The smallest absolute Gasteiger partial charge is 0.0697 e. The molecule has 0 atom stereocenters. The maximum atomic E-state index is 3.52. The van der Waals surface area contributed by atoms with Gasteiger partial charge in [0.2, 0.25) is 0 Å². The zero-order valence-electron chi connectivity index (χ0n) is 10.0. The number of alkyl halides is 4. The van der Waals surface area contributed by atoms with Gasteiger partial charge in [0, 0.05) is 19.0 Å². The second kappa shape index (κ2) is 14.8. The minimum Gasteiger partial charge on any atom is -0.0765 e. The molecule has 17 heavy (non-hydrogen) atoms. The molecular weight excluding hydrogens is 508 g/mol. The van der Waals surface area contributed by atoms with Crippen LogP contribution in [0.25, 0.3) is 0 Å². The largest absolute Gasteiger partial charge is 0.0765 e. The van der Waals surface area contributed by atoms with Gasteiger partial charge in [-0.05, 0) is 12.8 Å². The number of halogens is 4. The van der Waals surface area contributed by atoms with Crippen LogP contribution in [0.3, 0.4) is 0 Å². The van der Waals surface area contributed by atoms with E-state index in [2.05, 4.69) is 63.7 Å². The first-order valence-corrected chi connectivity index (χ1v) is 12.6. The number of rotatable bonds is 12. The summed E-state index contributed by atoms with van der Waals surface area (Å²) in [5, 5.41) is 0. The summed E-state index contributed by atoms with van der Waals surface area (Å²) >= 11 is 14.1. The van der Waals surface area contributed by atoms with Crippen LogP contribution >= 0.6 is 63.7 Å². The molecule has 4 radical (unpaired) electrons. The van der Waals surface area contributed by atoms with Gasteiger partial charge in [-0.15, -0.1) is 0 Å². The van der Waals surface area contributed by atoms with E-state index < -0.39 is 0 Å². The Morgan fingerprint density at radius 1 is 0.588 bits per heavy atom. The average molecular weight is 528 g/mol.